The van der Waals surface area contributed by atoms with Crippen molar-refractivity contribution in [1.29, 1.82) is 0 Å². The summed E-state index contributed by atoms with van der Waals surface area (Å²) >= 11 is 6.15. The van der Waals surface area contributed by atoms with E-state index >= 15 is 0 Å². The maximum Gasteiger partial charge on any atom is 0.337 e. The number of alkyl halides is 1. The number of esters is 1. The van der Waals surface area contributed by atoms with Crippen molar-refractivity contribution in [2.75, 3.05) is 6.61 Å². The van der Waals surface area contributed by atoms with Crippen LogP contribution in [0.4, 0.5) is 5.69 Å². The third-order valence-corrected chi connectivity index (χ3v) is 3.26. The molecule has 7 heteroatoms. The van der Waals surface area contributed by atoms with E-state index in [0.717, 1.165) is 0 Å². The lowest BCUT2D eigenvalue weighted by atomic mass is 10.0. The van der Waals surface area contributed by atoms with Crippen molar-refractivity contribution in [3.05, 3.63) is 57.8 Å². The molecule has 0 amide bonds. The molecule has 21 heavy (non-hydrogen) atoms. The Morgan fingerprint density at radius 1 is 1.43 bits per heavy atom. The predicted octanol–water partition coefficient (Wildman–Crippen LogP) is 2.59. The molecule has 0 fully saturated rings. The first-order valence-corrected chi connectivity index (χ1v) is 6.71. The molecule has 110 valence electrons. The van der Waals surface area contributed by atoms with Crippen LogP contribution in [0, 0.1) is 10.1 Å². The van der Waals surface area contributed by atoms with E-state index in [1.54, 1.807) is 31.3 Å². The second-order valence-corrected chi connectivity index (χ2v) is 4.69. The van der Waals surface area contributed by atoms with Gasteiger partial charge in [0.15, 0.2) is 0 Å². The van der Waals surface area contributed by atoms with Gasteiger partial charge >= 0.3 is 5.97 Å². The summed E-state index contributed by atoms with van der Waals surface area (Å²) in [6.07, 6.45) is 3.25. The Balaban J connectivity index is 2.43. The normalized spacial score (nSPS) is 17.3. The van der Waals surface area contributed by atoms with Crippen LogP contribution in [0.2, 0.25) is 0 Å². The van der Waals surface area contributed by atoms with Crippen LogP contribution >= 0.6 is 11.6 Å². The number of halogens is 1. The third kappa shape index (κ3) is 3.22. The molecule has 0 aromatic heterocycles. The second-order valence-electron chi connectivity index (χ2n) is 4.22. The highest BCUT2D eigenvalue weighted by Gasteiger charge is 2.26. The quantitative estimate of drug-likeness (QED) is 0.400. The van der Waals surface area contributed by atoms with Gasteiger partial charge in [-0.2, -0.15) is 0 Å². The number of nitro groups is 1. The fraction of sp³-hybridized carbons (Fsp3) is 0.214. The molecule has 0 bridgehead atoms. The minimum atomic E-state index is -0.615. The zero-order valence-electron chi connectivity index (χ0n) is 11.2. The number of carbonyl (C=O) groups excluding carboxylic acids is 1. The molecule has 6 nitrogen and oxygen atoms in total. The standard InChI is InChI=1S/C14H13ClN2O4/c1-2-21-14(18)12-11(15)7-8-16-13(12)9-3-5-10(6-4-9)17(19)20/h3-8,11,16H,2H2,1H3. The number of carbonyl (C=O) groups is 1. The summed E-state index contributed by atoms with van der Waals surface area (Å²) in [6.45, 7) is 1.95. The number of nitro benzene ring substituents is 1. The van der Waals surface area contributed by atoms with Crippen LogP contribution in [0.15, 0.2) is 42.1 Å². The summed E-state index contributed by atoms with van der Waals surface area (Å²) < 4.78 is 5.00. The van der Waals surface area contributed by atoms with Gasteiger partial charge in [-0.1, -0.05) is 0 Å². The molecule has 1 aliphatic rings. The Kier molecular flexibility index (Phi) is 4.59. The van der Waals surface area contributed by atoms with Gasteiger partial charge in [0.2, 0.25) is 0 Å². The molecule has 0 saturated heterocycles. The molecule has 0 spiro atoms. The monoisotopic (exact) mass is 308 g/mol. The average molecular weight is 309 g/mol. The molecule has 1 heterocycles. The SMILES string of the molecule is CCOC(=O)C1=C(c2ccc([N+](=O)[O-])cc2)NC=CC1Cl. The second kappa shape index (κ2) is 6.41. The lowest BCUT2D eigenvalue weighted by molar-refractivity contribution is -0.384. The number of benzene rings is 1. The molecule has 1 aliphatic heterocycles. The molecule has 1 aromatic carbocycles. The van der Waals surface area contributed by atoms with Crippen LogP contribution in [-0.4, -0.2) is 22.9 Å². The van der Waals surface area contributed by atoms with Gasteiger partial charge in [-0.3, -0.25) is 10.1 Å². The molecule has 1 aromatic rings. The summed E-state index contributed by atoms with van der Waals surface area (Å²) in [5.74, 6) is -0.511. The van der Waals surface area contributed by atoms with Crippen molar-refractivity contribution < 1.29 is 14.5 Å². The Hall–Kier alpha value is -2.34. The van der Waals surface area contributed by atoms with E-state index in [4.69, 9.17) is 16.3 Å². The van der Waals surface area contributed by atoms with Crippen molar-refractivity contribution in [1.82, 2.24) is 5.32 Å². The van der Waals surface area contributed by atoms with E-state index in [9.17, 15) is 14.9 Å². The zero-order valence-corrected chi connectivity index (χ0v) is 12.0. The van der Waals surface area contributed by atoms with E-state index < -0.39 is 16.3 Å². The maximum absolute atomic E-state index is 12.0. The average Bonchev–Trinajstić information content (AvgIpc) is 2.47. The van der Waals surface area contributed by atoms with Crippen LogP contribution in [-0.2, 0) is 9.53 Å². The Bertz CT molecular complexity index is 622. The van der Waals surface area contributed by atoms with Crippen molar-refractivity contribution in [3.8, 4) is 0 Å². The first-order valence-electron chi connectivity index (χ1n) is 6.28. The molecule has 0 aliphatic carbocycles. The topological polar surface area (TPSA) is 81.5 Å². The van der Waals surface area contributed by atoms with Crippen LogP contribution < -0.4 is 5.32 Å². The highest BCUT2D eigenvalue weighted by Crippen LogP contribution is 2.27. The lowest BCUT2D eigenvalue weighted by Gasteiger charge is -2.20. The van der Waals surface area contributed by atoms with Gasteiger partial charge in [0.1, 0.15) is 0 Å². The number of ether oxygens (including phenoxy) is 1. The third-order valence-electron chi connectivity index (χ3n) is 2.90. The fourth-order valence-electron chi connectivity index (χ4n) is 1.94. The van der Waals surface area contributed by atoms with Crippen LogP contribution in [0.5, 0.6) is 0 Å². The Morgan fingerprint density at radius 2 is 2.10 bits per heavy atom. The van der Waals surface area contributed by atoms with Gasteiger partial charge in [0.25, 0.3) is 5.69 Å². The summed E-state index contributed by atoms with van der Waals surface area (Å²) in [6, 6.07) is 5.85. The molecule has 1 atom stereocenters. The number of nitrogens with one attached hydrogen (secondary N) is 1. The first-order chi connectivity index (χ1) is 10.0. The van der Waals surface area contributed by atoms with Gasteiger partial charge in [-0.15, -0.1) is 11.6 Å². The highest BCUT2D eigenvalue weighted by atomic mass is 35.5. The number of hydrogen-bond donors (Lipinski definition) is 1. The van der Waals surface area contributed by atoms with Crippen molar-refractivity contribution in [2.45, 2.75) is 12.3 Å². The molecule has 0 saturated carbocycles. The first kappa shape index (κ1) is 15.1. The Labute approximate surface area is 126 Å². The van der Waals surface area contributed by atoms with Crippen molar-refractivity contribution >= 4 is 29.0 Å². The van der Waals surface area contributed by atoms with Crippen LogP contribution in [0.25, 0.3) is 5.70 Å². The van der Waals surface area contributed by atoms with E-state index in [1.807, 2.05) is 0 Å². The van der Waals surface area contributed by atoms with E-state index in [2.05, 4.69) is 5.32 Å². The van der Waals surface area contributed by atoms with E-state index in [-0.39, 0.29) is 17.9 Å². The van der Waals surface area contributed by atoms with Crippen LogP contribution in [0.1, 0.15) is 12.5 Å². The molecular weight excluding hydrogens is 296 g/mol. The minimum Gasteiger partial charge on any atom is -0.463 e. The number of hydrogen-bond acceptors (Lipinski definition) is 5. The molecule has 0 radical (unpaired) electrons. The number of dihydropyridines is 1. The summed E-state index contributed by atoms with van der Waals surface area (Å²) in [5, 5.41) is 13.0. The summed E-state index contributed by atoms with van der Waals surface area (Å²) in [7, 11) is 0. The fourth-order valence-corrected chi connectivity index (χ4v) is 2.21. The van der Waals surface area contributed by atoms with Gasteiger partial charge in [-0.25, -0.2) is 4.79 Å². The number of non-ortho nitro benzene ring substituents is 1. The maximum atomic E-state index is 12.0. The zero-order chi connectivity index (χ0) is 15.4. The van der Waals surface area contributed by atoms with Crippen molar-refractivity contribution in [2.24, 2.45) is 0 Å². The summed E-state index contributed by atoms with van der Waals surface area (Å²) in [5.41, 5.74) is 1.38. The largest absolute Gasteiger partial charge is 0.463 e. The smallest absolute Gasteiger partial charge is 0.337 e. The Morgan fingerprint density at radius 3 is 2.67 bits per heavy atom. The van der Waals surface area contributed by atoms with Crippen LogP contribution in [0.3, 0.4) is 0 Å². The highest BCUT2D eigenvalue weighted by molar-refractivity contribution is 6.28. The van der Waals surface area contributed by atoms with Gasteiger partial charge < -0.3 is 10.1 Å². The predicted molar refractivity (Wildman–Crippen MR) is 78.6 cm³/mol. The lowest BCUT2D eigenvalue weighted by Crippen LogP contribution is -2.24. The number of allylic oxidation sites excluding steroid dienone is 1. The van der Waals surface area contributed by atoms with Gasteiger partial charge in [0.05, 0.1) is 28.2 Å². The summed E-state index contributed by atoms with van der Waals surface area (Å²) in [4.78, 5) is 22.2. The molecular formula is C14H13ClN2O4. The van der Waals surface area contributed by atoms with E-state index in [0.29, 0.717) is 11.3 Å². The molecule has 1 N–H and O–H groups in total. The molecule has 1 unspecified atom stereocenters. The van der Waals surface area contributed by atoms with Gasteiger partial charge in [-0.05, 0) is 36.9 Å². The number of nitrogens with zero attached hydrogens (tertiary/aromatic N) is 1. The van der Waals surface area contributed by atoms with Crippen molar-refractivity contribution in [3.63, 3.8) is 0 Å². The minimum absolute atomic E-state index is 0.0224. The molecule has 2 rings (SSSR count). The van der Waals surface area contributed by atoms with Gasteiger partial charge in [0, 0.05) is 12.1 Å². The van der Waals surface area contributed by atoms with E-state index in [1.165, 1.54) is 12.1 Å². The number of rotatable bonds is 4.